The van der Waals surface area contributed by atoms with Gasteiger partial charge in [-0.25, -0.2) is 9.97 Å². The fraction of sp³-hybridized carbons (Fsp3) is 0.261. The van der Waals surface area contributed by atoms with E-state index in [0.717, 1.165) is 31.1 Å². The second-order valence-electron chi connectivity index (χ2n) is 7.35. The van der Waals surface area contributed by atoms with Crippen molar-refractivity contribution in [3.8, 4) is 11.5 Å². The van der Waals surface area contributed by atoms with E-state index >= 15 is 0 Å². The highest BCUT2D eigenvalue weighted by Gasteiger charge is 2.19. The molecular weight excluding hydrogens is 364 g/mol. The molecule has 4 rings (SSSR count). The third-order valence-corrected chi connectivity index (χ3v) is 4.96. The highest BCUT2D eigenvalue weighted by molar-refractivity contribution is 6.03. The van der Waals surface area contributed by atoms with Gasteiger partial charge in [0.05, 0.1) is 0 Å². The molecule has 1 atom stereocenters. The maximum atomic E-state index is 12.6. The summed E-state index contributed by atoms with van der Waals surface area (Å²) in [6.45, 7) is 4.17. The number of amides is 1. The van der Waals surface area contributed by atoms with Crippen LogP contribution in [0.1, 0.15) is 30.3 Å². The van der Waals surface area contributed by atoms with Gasteiger partial charge in [-0.3, -0.25) is 4.79 Å². The molecule has 2 heterocycles. The Morgan fingerprint density at radius 3 is 2.59 bits per heavy atom. The van der Waals surface area contributed by atoms with Gasteiger partial charge in [-0.1, -0.05) is 25.1 Å². The van der Waals surface area contributed by atoms with Crippen molar-refractivity contribution >= 4 is 17.4 Å². The summed E-state index contributed by atoms with van der Waals surface area (Å²) in [5.41, 5.74) is 1.04. The van der Waals surface area contributed by atoms with E-state index in [-0.39, 0.29) is 5.91 Å². The van der Waals surface area contributed by atoms with Crippen LogP contribution in [-0.4, -0.2) is 29.0 Å². The third kappa shape index (κ3) is 4.90. The van der Waals surface area contributed by atoms with Crippen molar-refractivity contribution in [1.29, 1.82) is 0 Å². The molecule has 1 amide bonds. The largest absolute Gasteiger partial charge is 0.457 e. The molecule has 1 N–H and O–H groups in total. The number of ether oxygens (including phenoxy) is 1. The number of piperidine rings is 1. The molecule has 29 heavy (non-hydrogen) atoms. The first kappa shape index (κ1) is 18.9. The van der Waals surface area contributed by atoms with E-state index in [0.29, 0.717) is 23.0 Å². The normalized spacial score (nSPS) is 16.3. The smallest absolute Gasteiger partial charge is 0.274 e. The minimum atomic E-state index is -0.254. The molecule has 3 aromatic rings. The van der Waals surface area contributed by atoms with Gasteiger partial charge in [-0.15, -0.1) is 0 Å². The second kappa shape index (κ2) is 8.73. The van der Waals surface area contributed by atoms with Crippen LogP contribution in [-0.2, 0) is 0 Å². The van der Waals surface area contributed by atoms with Crippen LogP contribution < -0.4 is 15.0 Å². The highest BCUT2D eigenvalue weighted by Crippen LogP contribution is 2.24. The summed E-state index contributed by atoms with van der Waals surface area (Å²) in [6.07, 6.45) is 3.84. The zero-order valence-electron chi connectivity index (χ0n) is 16.4. The van der Waals surface area contributed by atoms with E-state index in [2.05, 4.69) is 27.1 Å². The van der Waals surface area contributed by atoms with Crippen molar-refractivity contribution in [2.24, 2.45) is 5.92 Å². The van der Waals surface area contributed by atoms with Crippen LogP contribution in [0.4, 0.5) is 11.5 Å². The van der Waals surface area contributed by atoms with Gasteiger partial charge in [-0.05, 0) is 55.2 Å². The molecule has 148 valence electrons. The zero-order valence-corrected chi connectivity index (χ0v) is 16.4. The van der Waals surface area contributed by atoms with Crippen LogP contribution in [0.15, 0.2) is 67.0 Å². The fourth-order valence-electron chi connectivity index (χ4n) is 3.47. The van der Waals surface area contributed by atoms with Gasteiger partial charge in [0.2, 0.25) is 0 Å². The number of rotatable bonds is 5. The highest BCUT2D eigenvalue weighted by atomic mass is 16.5. The molecule has 1 saturated heterocycles. The minimum Gasteiger partial charge on any atom is -0.457 e. The van der Waals surface area contributed by atoms with Crippen molar-refractivity contribution in [1.82, 2.24) is 9.97 Å². The number of hydrogen-bond acceptors (Lipinski definition) is 5. The van der Waals surface area contributed by atoms with E-state index in [9.17, 15) is 4.79 Å². The second-order valence-corrected chi connectivity index (χ2v) is 7.35. The third-order valence-electron chi connectivity index (χ3n) is 4.96. The quantitative estimate of drug-likeness (QED) is 0.683. The summed E-state index contributed by atoms with van der Waals surface area (Å²) in [5, 5.41) is 2.88. The topological polar surface area (TPSA) is 67.4 Å². The lowest BCUT2D eigenvalue weighted by Gasteiger charge is -2.31. The average molecular weight is 388 g/mol. The number of carbonyl (C=O) groups is 1. The first-order valence-corrected chi connectivity index (χ1v) is 9.89. The van der Waals surface area contributed by atoms with E-state index in [1.54, 1.807) is 6.07 Å². The van der Waals surface area contributed by atoms with Crippen molar-refractivity contribution in [2.45, 2.75) is 19.8 Å². The van der Waals surface area contributed by atoms with Crippen LogP contribution in [0.3, 0.4) is 0 Å². The molecule has 0 saturated carbocycles. The fourth-order valence-corrected chi connectivity index (χ4v) is 3.47. The monoisotopic (exact) mass is 388 g/mol. The van der Waals surface area contributed by atoms with Crippen LogP contribution >= 0.6 is 0 Å². The van der Waals surface area contributed by atoms with E-state index in [4.69, 9.17) is 4.74 Å². The van der Waals surface area contributed by atoms with Gasteiger partial charge in [0.15, 0.2) is 0 Å². The number of para-hydroxylation sites is 1. The van der Waals surface area contributed by atoms with E-state index < -0.39 is 0 Å². The van der Waals surface area contributed by atoms with Crippen molar-refractivity contribution in [3.05, 3.63) is 72.7 Å². The number of anilines is 2. The molecular formula is C23H24N4O2. The first-order chi connectivity index (χ1) is 14.2. The Labute approximate surface area is 170 Å². The molecule has 1 aromatic heterocycles. The Hall–Kier alpha value is -3.41. The lowest BCUT2D eigenvalue weighted by Crippen LogP contribution is -2.35. The molecule has 0 radical (unpaired) electrons. The van der Waals surface area contributed by atoms with Gasteiger partial charge < -0.3 is 15.0 Å². The molecule has 0 aliphatic carbocycles. The Balaban J connectivity index is 1.41. The van der Waals surface area contributed by atoms with Crippen molar-refractivity contribution in [2.75, 3.05) is 23.3 Å². The Kier molecular flexibility index (Phi) is 5.70. The Morgan fingerprint density at radius 2 is 1.83 bits per heavy atom. The molecule has 6 nitrogen and oxygen atoms in total. The van der Waals surface area contributed by atoms with Gasteiger partial charge >= 0.3 is 0 Å². The first-order valence-electron chi connectivity index (χ1n) is 9.89. The average Bonchev–Trinajstić information content (AvgIpc) is 2.76. The number of nitrogens with zero attached hydrogens (tertiary/aromatic N) is 3. The number of benzene rings is 2. The van der Waals surface area contributed by atoms with Crippen molar-refractivity contribution < 1.29 is 9.53 Å². The SMILES string of the molecule is CC1CCCN(c2cc(C(=O)Nc3ccc(Oc4ccccc4)cc3)ncn2)C1. The molecule has 2 aromatic carbocycles. The molecule has 6 heteroatoms. The molecule has 0 bridgehead atoms. The zero-order chi connectivity index (χ0) is 20.1. The lowest BCUT2D eigenvalue weighted by atomic mass is 10.0. The molecule has 1 unspecified atom stereocenters. The summed E-state index contributed by atoms with van der Waals surface area (Å²) in [7, 11) is 0. The summed E-state index contributed by atoms with van der Waals surface area (Å²) < 4.78 is 5.78. The maximum Gasteiger partial charge on any atom is 0.274 e. The van der Waals surface area contributed by atoms with Gasteiger partial charge in [0.25, 0.3) is 5.91 Å². The predicted molar refractivity (Wildman–Crippen MR) is 114 cm³/mol. The Bertz CT molecular complexity index is 960. The van der Waals surface area contributed by atoms with Gasteiger partial charge in [0.1, 0.15) is 29.3 Å². The number of aromatic nitrogens is 2. The Morgan fingerprint density at radius 1 is 1.07 bits per heavy atom. The minimum absolute atomic E-state index is 0.254. The number of carbonyl (C=O) groups excluding carboxylic acids is 1. The summed E-state index contributed by atoms with van der Waals surface area (Å²) >= 11 is 0. The van der Waals surface area contributed by atoms with Crippen LogP contribution in [0.5, 0.6) is 11.5 Å². The molecule has 1 aliphatic heterocycles. The standard InChI is InChI=1S/C23H24N4O2/c1-17-6-5-13-27(15-17)22-14-21(24-16-25-22)23(28)26-18-9-11-20(12-10-18)29-19-7-3-2-4-8-19/h2-4,7-12,14,16-17H,5-6,13,15H2,1H3,(H,26,28). The molecule has 1 aliphatic rings. The summed E-state index contributed by atoms with van der Waals surface area (Å²) in [6, 6.07) is 18.6. The number of nitrogens with one attached hydrogen (secondary N) is 1. The molecule has 0 spiro atoms. The molecule has 1 fully saturated rings. The lowest BCUT2D eigenvalue weighted by molar-refractivity contribution is 0.102. The van der Waals surface area contributed by atoms with E-state index in [1.807, 2.05) is 54.6 Å². The van der Waals surface area contributed by atoms with Gasteiger partial charge in [0, 0.05) is 24.8 Å². The van der Waals surface area contributed by atoms with E-state index in [1.165, 1.54) is 12.7 Å². The summed E-state index contributed by atoms with van der Waals surface area (Å²) in [5.74, 6) is 2.66. The van der Waals surface area contributed by atoms with Crippen LogP contribution in [0, 0.1) is 5.92 Å². The maximum absolute atomic E-state index is 12.6. The predicted octanol–water partition coefficient (Wildman–Crippen LogP) is 4.76. The van der Waals surface area contributed by atoms with Gasteiger partial charge in [-0.2, -0.15) is 0 Å². The van der Waals surface area contributed by atoms with Crippen molar-refractivity contribution in [3.63, 3.8) is 0 Å². The van der Waals surface area contributed by atoms with Crippen LogP contribution in [0.25, 0.3) is 0 Å². The number of hydrogen-bond donors (Lipinski definition) is 1. The summed E-state index contributed by atoms with van der Waals surface area (Å²) in [4.78, 5) is 23.4. The van der Waals surface area contributed by atoms with Crippen LogP contribution in [0.2, 0.25) is 0 Å².